The molecule has 0 saturated heterocycles. The predicted octanol–water partition coefficient (Wildman–Crippen LogP) is 0.482. The number of ether oxygens (including phenoxy) is 8. The van der Waals surface area contributed by atoms with Crippen molar-refractivity contribution in [1.82, 2.24) is 26.6 Å². The van der Waals surface area contributed by atoms with Gasteiger partial charge in [0.1, 0.15) is 0 Å². The first-order valence-electron chi connectivity index (χ1n) is 11.3. The van der Waals surface area contributed by atoms with Crippen LogP contribution in [0.3, 0.4) is 0 Å². The van der Waals surface area contributed by atoms with Crippen molar-refractivity contribution < 1.29 is 71.5 Å². The zero-order valence-corrected chi connectivity index (χ0v) is 28.1. The van der Waals surface area contributed by atoms with Crippen molar-refractivity contribution in [2.75, 3.05) is 99.2 Å². The summed E-state index contributed by atoms with van der Waals surface area (Å²) in [5.74, 6) is -0.241. The molecule has 5 N–H and O–H groups in total. The monoisotopic (exact) mass is 639 g/mol. The third kappa shape index (κ3) is 125. The zero-order chi connectivity index (χ0) is 36.2. The maximum atomic E-state index is 9.96. The Morgan fingerprint density at radius 2 is 0.605 bits per heavy atom. The Labute approximate surface area is 254 Å². The molecular formula is C23H53N5O15. The van der Waals surface area contributed by atoms with Gasteiger partial charge in [-0.1, -0.05) is 0 Å². The number of amides is 5. The van der Waals surface area contributed by atoms with Crippen molar-refractivity contribution in [2.24, 2.45) is 0 Å². The van der Waals surface area contributed by atoms with Gasteiger partial charge in [0.05, 0.1) is 49.8 Å². The molecule has 0 radical (unpaired) electrons. The van der Waals surface area contributed by atoms with Crippen LogP contribution in [0.2, 0.25) is 0 Å². The summed E-state index contributed by atoms with van der Waals surface area (Å²) >= 11 is 0. The molecule has 0 atom stereocenters. The van der Waals surface area contributed by atoms with E-state index in [-0.39, 0.29) is 17.9 Å². The smallest absolute Gasteiger partial charge is 0.469 e. The van der Waals surface area contributed by atoms with E-state index in [9.17, 15) is 33.6 Å². The second kappa shape index (κ2) is 57.2. The van der Waals surface area contributed by atoms with Gasteiger partial charge >= 0.3 is 36.5 Å². The third-order valence-corrected chi connectivity index (χ3v) is 2.54. The fraction of sp³-hybridized carbons (Fsp3) is 0.696. The summed E-state index contributed by atoms with van der Waals surface area (Å²) in [4.78, 5) is 68.4. The summed E-state index contributed by atoms with van der Waals surface area (Å²) in [6.07, 6.45) is -2.13. The van der Waals surface area contributed by atoms with Gasteiger partial charge in [-0.3, -0.25) is 9.59 Å². The van der Waals surface area contributed by atoms with Gasteiger partial charge in [0.15, 0.2) is 0 Å². The third-order valence-electron chi connectivity index (χ3n) is 2.54. The Kier molecular flexibility index (Phi) is 77.2. The Hall–Kier alpha value is -4.75. The zero-order valence-electron chi connectivity index (χ0n) is 28.1. The van der Waals surface area contributed by atoms with Crippen LogP contribution in [0.4, 0.5) is 24.0 Å². The van der Waals surface area contributed by atoms with Gasteiger partial charge < -0.3 is 64.5 Å². The molecule has 0 bridgehead atoms. The lowest BCUT2D eigenvalue weighted by molar-refractivity contribution is -0.138. The lowest BCUT2D eigenvalue weighted by atomic mass is 10.7. The van der Waals surface area contributed by atoms with Crippen LogP contribution in [-0.4, -0.2) is 142 Å². The Balaban J connectivity index is -0.0000000546. The Morgan fingerprint density at radius 1 is 0.395 bits per heavy atom. The molecule has 260 valence electrons. The largest absolute Gasteiger partial charge is 0.507 e. The second-order valence-electron chi connectivity index (χ2n) is 5.54. The van der Waals surface area contributed by atoms with Gasteiger partial charge in [-0.25, -0.2) is 24.0 Å². The van der Waals surface area contributed by atoms with Crippen molar-refractivity contribution in [1.29, 1.82) is 0 Å². The summed E-state index contributed by atoms with van der Waals surface area (Å²) in [6, 6.07) is -0.157. The van der Waals surface area contributed by atoms with Crippen LogP contribution in [0, 0.1) is 0 Å². The van der Waals surface area contributed by atoms with Crippen LogP contribution in [0.1, 0.15) is 13.8 Å². The number of nitrogens with one attached hydrogen (secondary N) is 5. The first-order chi connectivity index (χ1) is 20.0. The summed E-state index contributed by atoms with van der Waals surface area (Å²) in [7, 11) is 20.0. The minimum absolute atomic E-state index is 0.00463. The van der Waals surface area contributed by atoms with Gasteiger partial charge in [0.2, 0.25) is 5.91 Å². The SMILES string of the molecule is CNC(=O)NC.CNC(=O)OC.CNC(=O)OC.CNC(C)=O.COC.COC(=O)OC.COC(=O)OC.COC(C)=O. The minimum atomic E-state index is -0.657. The number of esters is 1. The normalized spacial score (nSPS) is 6.88. The highest BCUT2D eigenvalue weighted by atomic mass is 16.7. The molecule has 0 aromatic heterocycles. The number of rotatable bonds is 0. The van der Waals surface area contributed by atoms with Crippen molar-refractivity contribution in [3.05, 3.63) is 0 Å². The molecule has 0 aliphatic carbocycles. The summed E-state index contributed by atoms with van der Waals surface area (Å²) < 4.78 is 32.8. The van der Waals surface area contributed by atoms with E-state index in [0.29, 0.717) is 0 Å². The predicted molar refractivity (Wildman–Crippen MR) is 156 cm³/mol. The van der Waals surface area contributed by atoms with Crippen LogP contribution in [0.15, 0.2) is 0 Å². The molecule has 0 heterocycles. The molecule has 0 rings (SSSR count). The average Bonchev–Trinajstić information content (AvgIpc) is 3.04. The van der Waals surface area contributed by atoms with E-state index >= 15 is 0 Å². The number of carbonyl (C=O) groups is 7. The number of alkyl carbamates (subject to hydrolysis) is 2. The maximum absolute atomic E-state index is 9.96. The van der Waals surface area contributed by atoms with Crippen LogP contribution in [0.5, 0.6) is 0 Å². The average molecular weight is 640 g/mol. The summed E-state index contributed by atoms with van der Waals surface area (Å²) in [5.41, 5.74) is 0. The molecule has 0 unspecified atom stereocenters. The van der Waals surface area contributed by atoms with Crippen LogP contribution in [-0.2, 0) is 47.5 Å². The minimum Gasteiger partial charge on any atom is -0.469 e. The lowest BCUT2D eigenvalue weighted by Gasteiger charge is -1.91. The fourth-order valence-electron chi connectivity index (χ4n) is 0.496. The highest BCUT2D eigenvalue weighted by Gasteiger charge is 1.89. The standard InChI is InChI=1S/C3H8N2O.2C3H7NO2.C3H7NO.2C3H6O3.C3H6O2.C2H6O/c1-4-3(6)5-2;2*1-4-3(5)6-2;1-3(5)4-2;2*1-5-3(4)6-2;1-3(4)5-2;1-3-2/h1-2H3,(H2,4,5,6);2*1-2H3,(H,4,5);1-2H3,(H,4,5);2*1-2H3;1-2H3;1-2H3. The van der Waals surface area contributed by atoms with Gasteiger partial charge in [-0.15, -0.1) is 0 Å². The number of hydrogen-bond acceptors (Lipinski definition) is 15. The molecule has 0 aliphatic rings. The molecule has 0 spiro atoms. The quantitative estimate of drug-likeness (QED) is 0.178. The molecule has 0 saturated carbocycles. The van der Waals surface area contributed by atoms with Crippen molar-refractivity contribution in [2.45, 2.75) is 13.8 Å². The molecule has 0 aromatic rings. The molecule has 0 aromatic carbocycles. The molecular weight excluding hydrogens is 586 g/mol. The topological polar surface area (TPSA) is 253 Å². The van der Waals surface area contributed by atoms with Gasteiger partial charge in [0, 0.05) is 63.3 Å². The van der Waals surface area contributed by atoms with E-state index < -0.39 is 24.5 Å². The van der Waals surface area contributed by atoms with Crippen molar-refractivity contribution >= 4 is 42.4 Å². The molecule has 0 fully saturated rings. The number of hydrogen-bond donors (Lipinski definition) is 5. The summed E-state index contributed by atoms with van der Waals surface area (Å²) in [6.45, 7) is 2.83. The Bertz CT molecular complexity index is 530. The van der Waals surface area contributed by atoms with Crippen LogP contribution in [0.25, 0.3) is 0 Å². The molecule has 5 amide bonds. The number of methoxy groups -OCH3 is 8. The van der Waals surface area contributed by atoms with E-state index in [4.69, 9.17) is 0 Å². The van der Waals surface area contributed by atoms with Gasteiger partial charge in [-0.2, -0.15) is 0 Å². The molecule has 0 aliphatic heterocycles. The maximum Gasteiger partial charge on any atom is 0.507 e. The summed E-state index contributed by atoms with van der Waals surface area (Å²) in [5, 5.41) is 11.6. The first-order valence-corrected chi connectivity index (χ1v) is 11.3. The lowest BCUT2D eigenvalue weighted by Crippen LogP contribution is -2.28. The highest BCUT2D eigenvalue weighted by Crippen LogP contribution is 1.72. The molecule has 20 nitrogen and oxygen atoms in total. The number of carbonyl (C=O) groups excluding carboxylic acids is 7. The number of urea groups is 1. The van der Waals surface area contributed by atoms with E-state index in [0.717, 1.165) is 0 Å². The van der Waals surface area contributed by atoms with Crippen LogP contribution < -0.4 is 26.6 Å². The van der Waals surface area contributed by atoms with E-state index in [1.807, 2.05) is 0 Å². The van der Waals surface area contributed by atoms with E-state index in [1.54, 1.807) is 35.4 Å². The van der Waals surface area contributed by atoms with E-state index in [1.165, 1.54) is 77.7 Å². The van der Waals surface area contributed by atoms with E-state index in [2.05, 4.69) is 64.5 Å². The van der Waals surface area contributed by atoms with Gasteiger partial charge in [0.25, 0.3) is 0 Å². The van der Waals surface area contributed by atoms with Crippen molar-refractivity contribution in [3.63, 3.8) is 0 Å². The first kappa shape index (κ1) is 58.0. The van der Waals surface area contributed by atoms with Crippen molar-refractivity contribution in [3.8, 4) is 0 Å². The fourth-order valence-corrected chi connectivity index (χ4v) is 0.496. The Morgan fingerprint density at radius 3 is 0.605 bits per heavy atom. The van der Waals surface area contributed by atoms with Crippen LogP contribution >= 0.6 is 0 Å². The van der Waals surface area contributed by atoms with Gasteiger partial charge in [-0.05, 0) is 0 Å². The molecule has 20 heteroatoms. The molecule has 43 heavy (non-hydrogen) atoms. The second-order valence-corrected chi connectivity index (χ2v) is 5.54. The highest BCUT2D eigenvalue weighted by molar-refractivity contribution is 5.73.